The quantitative estimate of drug-likeness (QED) is 0.248. The van der Waals surface area contributed by atoms with Gasteiger partial charge in [0.25, 0.3) is 0 Å². The van der Waals surface area contributed by atoms with Gasteiger partial charge in [-0.3, -0.25) is 0 Å². The van der Waals surface area contributed by atoms with Gasteiger partial charge in [-0.1, -0.05) is 19.9 Å². The van der Waals surface area contributed by atoms with Crippen LogP contribution < -0.4 is 15.4 Å². The lowest BCUT2D eigenvalue weighted by Gasteiger charge is -2.12. The van der Waals surface area contributed by atoms with E-state index in [-0.39, 0.29) is 24.0 Å². The molecule has 0 aliphatic rings. The molecule has 0 bridgehead atoms. The van der Waals surface area contributed by atoms with Gasteiger partial charge in [-0.05, 0) is 24.8 Å². The van der Waals surface area contributed by atoms with Crippen LogP contribution >= 0.6 is 24.0 Å². The minimum atomic E-state index is 0. The Morgan fingerprint density at radius 3 is 2.62 bits per heavy atom. The van der Waals surface area contributed by atoms with E-state index in [1.807, 2.05) is 19.1 Å². The lowest BCUT2D eigenvalue weighted by Crippen LogP contribution is -2.39. The molecule has 0 fully saturated rings. The Balaban J connectivity index is 0.00000529. The molecule has 0 saturated carbocycles. The Hall–Kier alpha value is -1.09. The molecule has 1 rings (SSSR count). The standard InChI is InChI=1S/C17H30N4O2.HI/c1-5-18-17(19-9-11-23-10-8-14(2)3)21-13-15-6-7-16(22-4)20-12-15;/h6-7,12,14H,5,8-11,13H2,1-4H3,(H2,18,19,21);1H. The third-order valence-corrected chi connectivity index (χ3v) is 3.15. The van der Waals surface area contributed by atoms with Crippen molar-refractivity contribution in [3.05, 3.63) is 23.9 Å². The number of ether oxygens (including phenoxy) is 2. The minimum Gasteiger partial charge on any atom is -0.481 e. The molecule has 0 amide bonds. The average molecular weight is 450 g/mol. The van der Waals surface area contributed by atoms with Crippen molar-refractivity contribution < 1.29 is 9.47 Å². The fourth-order valence-electron chi connectivity index (χ4n) is 1.80. The van der Waals surface area contributed by atoms with Crippen LogP contribution in [-0.4, -0.2) is 44.4 Å². The molecule has 7 heteroatoms. The maximum Gasteiger partial charge on any atom is 0.212 e. The van der Waals surface area contributed by atoms with E-state index in [9.17, 15) is 0 Å². The summed E-state index contributed by atoms with van der Waals surface area (Å²) in [5.41, 5.74) is 1.04. The Labute approximate surface area is 162 Å². The molecule has 0 aliphatic heterocycles. The van der Waals surface area contributed by atoms with Crippen LogP contribution in [-0.2, 0) is 11.3 Å². The number of nitrogens with zero attached hydrogens (tertiary/aromatic N) is 2. The van der Waals surface area contributed by atoms with Crippen LogP contribution in [0.15, 0.2) is 23.3 Å². The van der Waals surface area contributed by atoms with E-state index >= 15 is 0 Å². The van der Waals surface area contributed by atoms with E-state index in [1.54, 1.807) is 13.3 Å². The highest BCUT2D eigenvalue weighted by molar-refractivity contribution is 14.0. The summed E-state index contributed by atoms with van der Waals surface area (Å²) in [6, 6.07) is 3.81. The first-order valence-electron chi connectivity index (χ1n) is 8.24. The molecule has 0 aliphatic carbocycles. The second-order valence-corrected chi connectivity index (χ2v) is 5.63. The number of methoxy groups -OCH3 is 1. The average Bonchev–Trinajstić information content (AvgIpc) is 2.55. The van der Waals surface area contributed by atoms with E-state index in [2.05, 4.69) is 34.5 Å². The van der Waals surface area contributed by atoms with Crippen LogP contribution in [0.25, 0.3) is 0 Å². The summed E-state index contributed by atoms with van der Waals surface area (Å²) in [5, 5.41) is 6.49. The Morgan fingerprint density at radius 1 is 1.25 bits per heavy atom. The smallest absolute Gasteiger partial charge is 0.212 e. The van der Waals surface area contributed by atoms with Gasteiger partial charge >= 0.3 is 0 Å². The zero-order valence-electron chi connectivity index (χ0n) is 15.2. The van der Waals surface area contributed by atoms with Gasteiger partial charge in [-0.15, -0.1) is 24.0 Å². The van der Waals surface area contributed by atoms with Gasteiger partial charge in [0, 0.05) is 32.0 Å². The summed E-state index contributed by atoms with van der Waals surface area (Å²) in [5.74, 6) is 2.08. The molecule has 1 aromatic rings. The van der Waals surface area contributed by atoms with E-state index in [4.69, 9.17) is 9.47 Å². The second-order valence-electron chi connectivity index (χ2n) is 5.63. The summed E-state index contributed by atoms with van der Waals surface area (Å²) in [6.45, 7) is 10.1. The number of hydrogen-bond donors (Lipinski definition) is 2. The predicted octanol–water partition coefficient (Wildman–Crippen LogP) is 2.83. The van der Waals surface area contributed by atoms with E-state index in [1.165, 1.54) is 0 Å². The first-order valence-corrected chi connectivity index (χ1v) is 8.24. The zero-order chi connectivity index (χ0) is 16.9. The molecule has 0 spiro atoms. The predicted molar refractivity (Wildman–Crippen MR) is 109 cm³/mol. The molecule has 138 valence electrons. The highest BCUT2D eigenvalue weighted by atomic mass is 127. The van der Waals surface area contributed by atoms with Gasteiger partial charge in [0.1, 0.15) is 0 Å². The van der Waals surface area contributed by atoms with Crippen LogP contribution in [0.3, 0.4) is 0 Å². The van der Waals surface area contributed by atoms with Gasteiger partial charge in [0.05, 0.1) is 20.3 Å². The summed E-state index contributed by atoms with van der Waals surface area (Å²) in [6.07, 6.45) is 2.87. The van der Waals surface area contributed by atoms with Gasteiger partial charge in [-0.2, -0.15) is 0 Å². The second kappa shape index (κ2) is 14.3. The molecule has 0 atom stereocenters. The number of rotatable bonds is 10. The number of aliphatic imine (C=N–C) groups is 1. The summed E-state index contributed by atoms with van der Waals surface area (Å²) in [7, 11) is 1.61. The lowest BCUT2D eigenvalue weighted by molar-refractivity contribution is 0.128. The van der Waals surface area contributed by atoms with Crippen LogP contribution in [0.1, 0.15) is 32.8 Å². The van der Waals surface area contributed by atoms with Crippen LogP contribution in [0, 0.1) is 5.92 Å². The largest absolute Gasteiger partial charge is 0.481 e. The highest BCUT2D eigenvalue weighted by Gasteiger charge is 1.99. The van der Waals surface area contributed by atoms with Gasteiger partial charge < -0.3 is 20.1 Å². The van der Waals surface area contributed by atoms with Crippen LogP contribution in [0.2, 0.25) is 0 Å². The van der Waals surface area contributed by atoms with Crippen molar-refractivity contribution in [2.24, 2.45) is 10.9 Å². The molecule has 0 aromatic carbocycles. The third-order valence-electron chi connectivity index (χ3n) is 3.15. The molecular weight excluding hydrogens is 419 g/mol. The number of nitrogens with one attached hydrogen (secondary N) is 2. The number of aromatic nitrogens is 1. The maximum atomic E-state index is 5.59. The lowest BCUT2D eigenvalue weighted by atomic mass is 10.1. The molecule has 1 heterocycles. The first-order chi connectivity index (χ1) is 11.2. The number of hydrogen-bond acceptors (Lipinski definition) is 4. The molecule has 6 nitrogen and oxygen atoms in total. The third kappa shape index (κ3) is 10.6. The van der Waals surface area contributed by atoms with Crippen molar-refractivity contribution in [2.45, 2.75) is 33.7 Å². The van der Waals surface area contributed by atoms with Crippen molar-refractivity contribution >= 4 is 29.9 Å². The van der Waals surface area contributed by atoms with Crippen molar-refractivity contribution in [1.82, 2.24) is 15.6 Å². The topological polar surface area (TPSA) is 67.8 Å². The molecule has 0 saturated heterocycles. The van der Waals surface area contributed by atoms with Crippen molar-refractivity contribution in [3.63, 3.8) is 0 Å². The highest BCUT2D eigenvalue weighted by Crippen LogP contribution is 2.07. The summed E-state index contributed by atoms with van der Waals surface area (Å²) in [4.78, 5) is 8.72. The van der Waals surface area contributed by atoms with Crippen molar-refractivity contribution in [3.8, 4) is 5.88 Å². The Morgan fingerprint density at radius 2 is 2.04 bits per heavy atom. The number of halogens is 1. The molecule has 2 N–H and O–H groups in total. The number of pyridine rings is 1. The van der Waals surface area contributed by atoms with E-state index < -0.39 is 0 Å². The monoisotopic (exact) mass is 450 g/mol. The maximum absolute atomic E-state index is 5.59. The Kier molecular flexibility index (Phi) is 13.6. The fraction of sp³-hybridized carbons (Fsp3) is 0.647. The normalized spacial score (nSPS) is 11.1. The van der Waals surface area contributed by atoms with Gasteiger partial charge in [0.2, 0.25) is 5.88 Å². The van der Waals surface area contributed by atoms with Gasteiger partial charge in [0.15, 0.2) is 5.96 Å². The molecule has 0 radical (unpaired) electrons. The Bertz CT molecular complexity index is 452. The zero-order valence-corrected chi connectivity index (χ0v) is 17.5. The first kappa shape index (κ1) is 22.9. The summed E-state index contributed by atoms with van der Waals surface area (Å²) < 4.78 is 10.6. The molecular formula is C17H31IN4O2. The number of guanidine groups is 1. The molecule has 1 aromatic heterocycles. The minimum absolute atomic E-state index is 0. The van der Waals surface area contributed by atoms with E-state index in [0.717, 1.165) is 37.6 Å². The van der Waals surface area contributed by atoms with E-state index in [0.29, 0.717) is 24.9 Å². The fourth-order valence-corrected chi connectivity index (χ4v) is 1.80. The molecule has 24 heavy (non-hydrogen) atoms. The SMILES string of the molecule is CCNC(=NCc1ccc(OC)nc1)NCCOCCC(C)C.I. The van der Waals surface area contributed by atoms with Crippen molar-refractivity contribution in [2.75, 3.05) is 33.4 Å². The van der Waals surface area contributed by atoms with Crippen LogP contribution in [0.4, 0.5) is 0 Å². The van der Waals surface area contributed by atoms with Crippen molar-refractivity contribution in [1.29, 1.82) is 0 Å². The van der Waals surface area contributed by atoms with Gasteiger partial charge in [-0.25, -0.2) is 9.98 Å². The van der Waals surface area contributed by atoms with Crippen LogP contribution in [0.5, 0.6) is 5.88 Å². The molecule has 0 unspecified atom stereocenters. The summed E-state index contributed by atoms with van der Waals surface area (Å²) >= 11 is 0.